The number of rotatable bonds is 8. The van der Waals surface area contributed by atoms with E-state index in [2.05, 4.69) is 36.5 Å². The predicted octanol–water partition coefficient (Wildman–Crippen LogP) is 2.49. The zero-order valence-electron chi connectivity index (χ0n) is 12.7. The smallest absolute Gasteiger partial charge is 0.251 e. The van der Waals surface area contributed by atoms with E-state index < -0.39 is 0 Å². The molecule has 1 aromatic heterocycles. The lowest BCUT2D eigenvalue weighted by Gasteiger charge is -2.14. The van der Waals surface area contributed by atoms with Crippen LogP contribution in [0.15, 0.2) is 12.1 Å². The highest BCUT2D eigenvalue weighted by Gasteiger charge is 2.11. The molecule has 5 heteroatoms. The molecule has 0 aliphatic heterocycles. The lowest BCUT2D eigenvalue weighted by molar-refractivity contribution is 0.0946. The number of nitrogens with one attached hydrogen (secondary N) is 2. The fraction of sp³-hybridized carbons (Fsp3) is 0.600. The first-order valence-electron chi connectivity index (χ1n) is 7.40. The number of aromatic nitrogens is 1. The Morgan fingerprint density at radius 3 is 2.55 bits per heavy atom. The van der Waals surface area contributed by atoms with Crippen molar-refractivity contribution in [1.82, 2.24) is 10.3 Å². The minimum atomic E-state index is -0.0619. The van der Waals surface area contributed by atoms with Gasteiger partial charge < -0.3 is 10.7 Å². The van der Waals surface area contributed by atoms with Crippen LogP contribution in [0.3, 0.4) is 0 Å². The van der Waals surface area contributed by atoms with E-state index in [1.165, 1.54) is 0 Å². The zero-order valence-corrected chi connectivity index (χ0v) is 12.7. The van der Waals surface area contributed by atoms with Crippen molar-refractivity contribution in [1.29, 1.82) is 0 Å². The van der Waals surface area contributed by atoms with Crippen molar-refractivity contribution in [2.75, 3.05) is 12.0 Å². The third-order valence-electron chi connectivity index (χ3n) is 3.50. The first kappa shape index (κ1) is 16.4. The summed E-state index contributed by atoms with van der Waals surface area (Å²) >= 11 is 0. The molecule has 0 bridgehead atoms. The van der Waals surface area contributed by atoms with Crippen LogP contribution in [0.2, 0.25) is 0 Å². The van der Waals surface area contributed by atoms with E-state index in [1.807, 2.05) is 6.07 Å². The van der Waals surface area contributed by atoms with Crippen molar-refractivity contribution in [2.24, 2.45) is 11.8 Å². The molecule has 0 radical (unpaired) electrons. The summed E-state index contributed by atoms with van der Waals surface area (Å²) in [6.45, 7) is 7.07. The fourth-order valence-corrected chi connectivity index (χ4v) is 2.09. The van der Waals surface area contributed by atoms with Crippen LogP contribution in [0.25, 0.3) is 0 Å². The largest absolute Gasteiger partial charge is 0.352 e. The lowest BCUT2D eigenvalue weighted by Crippen LogP contribution is -2.29. The number of amides is 1. The topological polar surface area (TPSA) is 80.0 Å². The van der Waals surface area contributed by atoms with E-state index in [0.717, 1.165) is 31.4 Å². The van der Waals surface area contributed by atoms with E-state index in [4.69, 9.17) is 5.84 Å². The van der Waals surface area contributed by atoms with Crippen molar-refractivity contribution in [3.05, 3.63) is 23.4 Å². The van der Waals surface area contributed by atoms with Gasteiger partial charge in [-0.25, -0.2) is 10.8 Å². The van der Waals surface area contributed by atoms with Crippen molar-refractivity contribution in [2.45, 2.75) is 46.5 Å². The summed E-state index contributed by atoms with van der Waals surface area (Å²) < 4.78 is 0. The molecule has 0 saturated carbocycles. The summed E-state index contributed by atoms with van der Waals surface area (Å²) in [5, 5.41) is 2.99. The second kappa shape index (κ2) is 8.53. The molecule has 0 saturated heterocycles. The Labute approximate surface area is 121 Å². The number of carbonyl (C=O) groups is 1. The second-order valence-corrected chi connectivity index (χ2v) is 5.02. The average molecular weight is 278 g/mol. The van der Waals surface area contributed by atoms with E-state index in [1.54, 1.807) is 6.07 Å². The van der Waals surface area contributed by atoms with Crippen LogP contribution in [0.5, 0.6) is 0 Å². The summed E-state index contributed by atoms with van der Waals surface area (Å²) in [4.78, 5) is 16.5. The third kappa shape index (κ3) is 4.81. The molecule has 0 unspecified atom stereocenters. The van der Waals surface area contributed by atoms with Gasteiger partial charge >= 0.3 is 0 Å². The third-order valence-corrected chi connectivity index (χ3v) is 3.50. The molecule has 0 aliphatic carbocycles. The minimum absolute atomic E-state index is 0.0619. The van der Waals surface area contributed by atoms with Gasteiger partial charge in [-0.1, -0.05) is 40.0 Å². The molecule has 5 nitrogen and oxygen atoms in total. The number of hydrogen-bond acceptors (Lipinski definition) is 4. The molecule has 1 rings (SSSR count). The van der Waals surface area contributed by atoms with E-state index in [-0.39, 0.29) is 5.91 Å². The number of pyridine rings is 1. The van der Waals surface area contributed by atoms with Crippen molar-refractivity contribution in [3.63, 3.8) is 0 Å². The molecule has 112 valence electrons. The van der Waals surface area contributed by atoms with Crippen LogP contribution >= 0.6 is 0 Å². The van der Waals surface area contributed by atoms with Crippen molar-refractivity contribution in [3.8, 4) is 0 Å². The quantitative estimate of drug-likeness (QED) is 0.504. The molecular formula is C15H26N4O. The number of carbonyl (C=O) groups excluding carboxylic acids is 1. The molecule has 0 aromatic carbocycles. The van der Waals surface area contributed by atoms with Gasteiger partial charge in [-0.05, 0) is 24.5 Å². The average Bonchev–Trinajstić information content (AvgIpc) is 2.48. The number of nitrogens with two attached hydrogens (primary N) is 1. The molecule has 0 aliphatic rings. The molecule has 20 heavy (non-hydrogen) atoms. The maximum absolute atomic E-state index is 12.2. The highest BCUT2D eigenvalue weighted by atomic mass is 16.1. The Hall–Kier alpha value is -1.62. The lowest BCUT2D eigenvalue weighted by atomic mass is 10.0. The fourth-order valence-electron chi connectivity index (χ4n) is 2.09. The molecule has 1 aromatic rings. The van der Waals surface area contributed by atoms with E-state index >= 15 is 0 Å². The molecular weight excluding hydrogens is 252 g/mol. The van der Waals surface area contributed by atoms with Gasteiger partial charge in [0.15, 0.2) is 0 Å². The number of aryl methyl sites for hydroxylation is 1. The first-order valence-corrected chi connectivity index (χ1v) is 7.40. The molecule has 1 heterocycles. The molecule has 0 atom stereocenters. The highest BCUT2D eigenvalue weighted by Crippen LogP contribution is 2.12. The maximum Gasteiger partial charge on any atom is 0.251 e. The van der Waals surface area contributed by atoms with Crippen LogP contribution in [-0.2, 0) is 6.42 Å². The standard InChI is InChI=1S/C15H26N4O/c1-4-7-13-8-12(9-14(18-13)19-16)15(20)17-10-11(5-2)6-3/h8-9,11H,4-7,10,16H2,1-3H3,(H,17,20)(H,18,19). The molecule has 0 spiro atoms. The zero-order chi connectivity index (χ0) is 15.0. The normalized spacial score (nSPS) is 10.7. The SMILES string of the molecule is CCCc1cc(C(=O)NCC(CC)CC)cc(NN)n1. The minimum Gasteiger partial charge on any atom is -0.352 e. The van der Waals surface area contributed by atoms with Gasteiger partial charge in [0.2, 0.25) is 0 Å². The van der Waals surface area contributed by atoms with Crippen LogP contribution < -0.4 is 16.6 Å². The summed E-state index contributed by atoms with van der Waals surface area (Å²) in [7, 11) is 0. The number of nitrogen functional groups attached to an aromatic ring is 1. The number of hydrazine groups is 1. The highest BCUT2D eigenvalue weighted by molar-refractivity contribution is 5.95. The Balaban J connectivity index is 2.78. The van der Waals surface area contributed by atoms with Crippen LogP contribution in [0.1, 0.15) is 56.1 Å². The summed E-state index contributed by atoms with van der Waals surface area (Å²) in [6, 6.07) is 3.52. The first-order chi connectivity index (χ1) is 9.64. The van der Waals surface area contributed by atoms with Gasteiger partial charge in [0.05, 0.1) is 0 Å². The Bertz CT molecular complexity index is 430. The van der Waals surface area contributed by atoms with Gasteiger partial charge in [-0.15, -0.1) is 0 Å². The Morgan fingerprint density at radius 1 is 1.30 bits per heavy atom. The summed E-state index contributed by atoms with van der Waals surface area (Å²) in [5.41, 5.74) is 4.02. The van der Waals surface area contributed by atoms with Crippen molar-refractivity contribution >= 4 is 11.7 Å². The number of hydrogen-bond donors (Lipinski definition) is 3. The maximum atomic E-state index is 12.2. The van der Waals surface area contributed by atoms with Crippen LogP contribution in [0.4, 0.5) is 5.82 Å². The van der Waals surface area contributed by atoms with Crippen molar-refractivity contribution < 1.29 is 4.79 Å². The van der Waals surface area contributed by atoms with E-state index in [0.29, 0.717) is 23.8 Å². The number of anilines is 1. The van der Waals surface area contributed by atoms with Crippen LogP contribution in [0, 0.1) is 5.92 Å². The predicted molar refractivity (Wildman–Crippen MR) is 82.4 cm³/mol. The van der Waals surface area contributed by atoms with Gasteiger partial charge in [0.1, 0.15) is 5.82 Å². The molecule has 4 N–H and O–H groups in total. The Kier molecular flexibility index (Phi) is 7.01. The molecule has 1 amide bonds. The monoisotopic (exact) mass is 278 g/mol. The van der Waals surface area contributed by atoms with Gasteiger partial charge in [0.25, 0.3) is 5.91 Å². The van der Waals surface area contributed by atoms with Gasteiger partial charge in [0, 0.05) is 17.8 Å². The van der Waals surface area contributed by atoms with Gasteiger partial charge in [-0.3, -0.25) is 4.79 Å². The van der Waals surface area contributed by atoms with Crippen LogP contribution in [-0.4, -0.2) is 17.4 Å². The summed E-state index contributed by atoms with van der Waals surface area (Å²) in [6.07, 6.45) is 3.96. The van der Waals surface area contributed by atoms with Gasteiger partial charge in [-0.2, -0.15) is 0 Å². The second-order valence-electron chi connectivity index (χ2n) is 5.02. The summed E-state index contributed by atoms with van der Waals surface area (Å²) in [5.74, 6) is 6.40. The van der Waals surface area contributed by atoms with E-state index in [9.17, 15) is 4.79 Å². The Morgan fingerprint density at radius 2 is 2.00 bits per heavy atom. The number of nitrogens with zero attached hydrogens (tertiary/aromatic N) is 1. The molecule has 0 fully saturated rings.